The summed E-state index contributed by atoms with van der Waals surface area (Å²) in [5, 5.41) is 4.12. The molecule has 1 fully saturated rings. The normalized spacial score (nSPS) is 21.8. The second kappa shape index (κ2) is 5.95. The van der Waals surface area contributed by atoms with Crippen molar-refractivity contribution in [2.24, 2.45) is 5.73 Å². The number of aromatic nitrogens is 2. The van der Waals surface area contributed by atoms with Crippen LogP contribution in [0.3, 0.4) is 0 Å². The maximum atomic E-state index is 6.18. The van der Waals surface area contributed by atoms with E-state index in [4.69, 9.17) is 10.3 Å². The van der Waals surface area contributed by atoms with Crippen LogP contribution in [0.15, 0.2) is 34.9 Å². The monoisotopic (exact) mass is 290 g/mol. The van der Waals surface area contributed by atoms with Crippen molar-refractivity contribution in [2.75, 3.05) is 25.1 Å². The molecule has 0 saturated carbocycles. The van der Waals surface area contributed by atoms with Crippen LogP contribution in [0.1, 0.15) is 29.4 Å². The van der Waals surface area contributed by atoms with E-state index in [9.17, 15) is 0 Å². The van der Waals surface area contributed by atoms with Gasteiger partial charge in [0.25, 0.3) is 0 Å². The van der Waals surface area contributed by atoms with Gasteiger partial charge in [0.15, 0.2) is 5.82 Å². The molecule has 2 N–H and O–H groups in total. The number of rotatable bonds is 3. The Labute approximate surface area is 122 Å². The molecule has 3 rings (SSSR count). The van der Waals surface area contributed by atoms with Crippen LogP contribution in [-0.4, -0.2) is 40.1 Å². The Morgan fingerprint density at radius 1 is 1.40 bits per heavy atom. The minimum Gasteiger partial charge on any atom is -0.337 e. The molecule has 1 aromatic carbocycles. The van der Waals surface area contributed by atoms with Crippen LogP contribution in [0.4, 0.5) is 0 Å². The predicted molar refractivity (Wildman–Crippen MR) is 79.5 cm³/mol. The van der Waals surface area contributed by atoms with E-state index in [2.05, 4.69) is 22.1 Å². The first-order valence-corrected chi connectivity index (χ1v) is 7.83. The van der Waals surface area contributed by atoms with Crippen LogP contribution in [-0.2, 0) is 0 Å². The summed E-state index contributed by atoms with van der Waals surface area (Å²) >= 11 is 1.92. The number of hydrogen-bond acceptors (Lipinski definition) is 6. The fourth-order valence-corrected chi connectivity index (χ4v) is 3.48. The molecular weight excluding hydrogens is 272 g/mol. The van der Waals surface area contributed by atoms with E-state index in [0.717, 1.165) is 29.4 Å². The third-order valence-electron chi connectivity index (χ3n) is 3.58. The standard InChI is InChI=1S/C14H18N4OS/c1-18-7-8-20-9-11(18)13-16-14(19-17-13)12(15)10-5-3-2-4-6-10/h2-6,11-12H,7-9,15H2,1H3. The number of benzene rings is 1. The average molecular weight is 290 g/mol. The Hall–Kier alpha value is -1.37. The van der Waals surface area contributed by atoms with Crippen molar-refractivity contribution in [1.29, 1.82) is 0 Å². The highest BCUT2D eigenvalue weighted by molar-refractivity contribution is 7.99. The van der Waals surface area contributed by atoms with Gasteiger partial charge in [-0.05, 0) is 12.6 Å². The molecule has 20 heavy (non-hydrogen) atoms. The zero-order valence-corrected chi connectivity index (χ0v) is 12.2. The summed E-state index contributed by atoms with van der Waals surface area (Å²) in [6.45, 7) is 1.05. The predicted octanol–water partition coefficient (Wildman–Crippen LogP) is 1.84. The first-order valence-electron chi connectivity index (χ1n) is 6.67. The van der Waals surface area contributed by atoms with Gasteiger partial charge in [-0.2, -0.15) is 16.7 Å². The van der Waals surface area contributed by atoms with Crippen molar-refractivity contribution >= 4 is 11.8 Å². The van der Waals surface area contributed by atoms with E-state index in [1.807, 2.05) is 42.1 Å². The van der Waals surface area contributed by atoms with Gasteiger partial charge in [0.05, 0.1) is 6.04 Å². The minimum absolute atomic E-state index is 0.217. The van der Waals surface area contributed by atoms with Crippen LogP contribution in [0.25, 0.3) is 0 Å². The summed E-state index contributed by atoms with van der Waals surface area (Å²) in [6, 6.07) is 9.67. The highest BCUT2D eigenvalue weighted by Crippen LogP contribution is 2.27. The topological polar surface area (TPSA) is 68.2 Å². The lowest BCUT2D eigenvalue weighted by Crippen LogP contribution is -2.33. The molecule has 1 aliphatic heterocycles. The van der Waals surface area contributed by atoms with Gasteiger partial charge in [-0.25, -0.2) is 0 Å². The smallest absolute Gasteiger partial charge is 0.248 e. The molecule has 0 spiro atoms. The second-order valence-electron chi connectivity index (χ2n) is 4.95. The third kappa shape index (κ3) is 2.72. The molecule has 1 aliphatic rings. The zero-order valence-electron chi connectivity index (χ0n) is 11.4. The van der Waals surface area contributed by atoms with Crippen molar-refractivity contribution in [3.8, 4) is 0 Å². The quantitative estimate of drug-likeness (QED) is 0.930. The third-order valence-corrected chi connectivity index (χ3v) is 4.60. The molecule has 1 saturated heterocycles. The summed E-state index contributed by atoms with van der Waals surface area (Å²) in [4.78, 5) is 6.77. The Morgan fingerprint density at radius 2 is 2.20 bits per heavy atom. The zero-order chi connectivity index (χ0) is 13.9. The van der Waals surface area contributed by atoms with Crippen molar-refractivity contribution in [3.05, 3.63) is 47.6 Å². The van der Waals surface area contributed by atoms with E-state index < -0.39 is 0 Å². The summed E-state index contributed by atoms with van der Waals surface area (Å²) in [5.74, 6) is 3.37. The van der Waals surface area contributed by atoms with E-state index in [-0.39, 0.29) is 12.1 Å². The molecule has 0 radical (unpaired) electrons. The molecule has 0 amide bonds. The van der Waals surface area contributed by atoms with Crippen molar-refractivity contribution in [3.63, 3.8) is 0 Å². The minimum atomic E-state index is -0.362. The Balaban J connectivity index is 1.79. The molecule has 5 nitrogen and oxygen atoms in total. The van der Waals surface area contributed by atoms with E-state index in [1.54, 1.807) is 0 Å². The largest absolute Gasteiger partial charge is 0.337 e. The first kappa shape index (κ1) is 13.6. The van der Waals surface area contributed by atoms with Gasteiger partial charge in [0.2, 0.25) is 5.89 Å². The highest BCUT2D eigenvalue weighted by Gasteiger charge is 2.27. The number of nitrogens with zero attached hydrogens (tertiary/aromatic N) is 3. The molecule has 1 aromatic heterocycles. The van der Waals surface area contributed by atoms with Gasteiger partial charge >= 0.3 is 0 Å². The van der Waals surface area contributed by atoms with Gasteiger partial charge in [-0.1, -0.05) is 35.5 Å². The number of nitrogens with two attached hydrogens (primary N) is 1. The van der Waals surface area contributed by atoms with Crippen molar-refractivity contribution in [2.45, 2.75) is 12.1 Å². The number of thioether (sulfide) groups is 1. The lowest BCUT2D eigenvalue weighted by atomic mass is 10.1. The molecule has 2 aromatic rings. The highest BCUT2D eigenvalue weighted by atomic mass is 32.2. The van der Waals surface area contributed by atoms with Gasteiger partial charge in [0, 0.05) is 18.1 Å². The van der Waals surface area contributed by atoms with Crippen LogP contribution >= 0.6 is 11.8 Å². The van der Waals surface area contributed by atoms with E-state index in [1.165, 1.54) is 0 Å². The summed E-state index contributed by atoms with van der Waals surface area (Å²) < 4.78 is 5.36. The fourth-order valence-electron chi connectivity index (χ4n) is 2.27. The fraction of sp³-hybridized carbons (Fsp3) is 0.429. The average Bonchev–Trinajstić information content (AvgIpc) is 2.97. The SMILES string of the molecule is CN1CCSCC1c1noc(C(N)c2ccccc2)n1. The summed E-state index contributed by atoms with van der Waals surface area (Å²) in [7, 11) is 2.09. The van der Waals surface area contributed by atoms with Gasteiger partial charge in [-0.3, -0.25) is 4.90 Å². The molecule has 0 aliphatic carbocycles. The Kier molecular flexibility index (Phi) is 4.05. The van der Waals surface area contributed by atoms with Gasteiger partial charge in [0.1, 0.15) is 6.04 Å². The molecule has 2 atom stereocenters. The van der Waals surface area contributed by atoms with Crippen molar-refractivity contribution in [1.82, 2.24) is 15.0 Å². The second-order valence-corrected chi connectivity index (χ2v) is 6.10. The van der Waals surface area contributed by atoms with Crippen LogP contribution in [0.5, 0.6) is 0 Å². The lowest BCUT2D eigenvalue weighted by molar-refractivity contribution is 0.256. The Bertz CT molecular complexity index is 559. The summed E-state index contributed by atoms with van der Waals surface area (Å²) in [6.07, 6.45) is 0. The van der Waals surface area contributed by atoms with Crippen molar-refractivity contribution < 1.29 is 4.52 Å². The molecule has 106 valence electrons. The Morgan fingerprint density at radius 3 is 2.95 bits per heavy atom. The molecule has 0 bridgehead atoms. The number of hydrogen-bond donors (Lipinski definition) is 1. The molecule has 2 heterocycles. The van der Waals surface area contributed by atoms with Crippen LogP contribution < -0.4 is 5.73 Å². The molecule has 2 unspecified atom stereocenters. The van der Waals surface area contributed by atoms with E-state index >= 15 is 0 Å². The van der Waals surface area contributed by atoms with Gasteiger partial charge in [-0.15, -0.1) is 0 Å². The van der Waals surface area contributed by atoms with E-state index in [0.29, 0.717) is 5.89 Å². The molecular formula is C14H18N4OS. The maximum Gasteiger partial charge on any atom is 0.248 e. The molecule has 6 heteroatoms. The lowest BCUT2D eigenvalue weighted by Gasteiger charge is -2.29. The van der Waals surface area contributed by atoms with Crippen LogP contribution in [0, 0.1) is 0 Å². The summed E-state index contributed by atoms with van der Waals surface area (Å²) in [5.41, 5.74) is 7.16. The first-order chi connectivity index (χ1) is 9.75. The van der Waals surface area contributed by atoms with Crippen LogP contribution in [0.2, 0.25) is 0 Å². The van der Waals surface area contributed by atoms with Gasteiger partial charge < -0.3 is 10.3 Å². The maximum absolute atomic E-state index is 6.18.